The fourth-order valence-corrected chi connectivity index (χ4v) is 2.57. The molecule has 116 valence electrons. The van der Waals surface area contributed by atoms with Crippen molar-refractivity contribution in [3.63, 3.8) is 0 Å². The van der Waals surface area contributed by atoms with Crippen LogP contribution in [0.4, 0.5) is 24.5 Å². The van der Waals surface area contributed by atoms with E-state index in [0.29, 0.717) is 6.07 Å². The predicted octanol–water partition coefficient (Wildman–Crippen LogP) is 2.75. The Kier molecular flexibility index (Phi) is 4.08. The summed E-state index contributed by atoms with van der Waals surface area (Å²) in [4.78, 5) is 14.1. The molecule has 0 amide bonds. The highest BCUT2D eigenvalue weighted by Crippen LogP contribution is 2.37. The van der Waals surface area contributed by atoms with Crippen LogP contribution in [0.5, 0.6) is 0 Å². The molecule has 1 saturated heterocycles. The van der Waals surface area contributed by atoms with Crippen LogP contribution in [0.2, 0.25) is 0 Å². The van der Waals surface area contributed by atoms with Crippen molar-refractivity contribution in [1.29, 1.82) is 0 Å². The number of anilines is 1. The minimum Gasteiger partial charge on any atom is -0.365 e. The van der Waals surface area contributed by atoms with Crippen LogP contribution in [-0.2, 0) is 6.18 Å². The molecule has 1 heterocycles. The number of hydrogen-bond donors (Lipinski definition) is 0. The van der Waals surface area contributed by atoms with Gasteiger partial charge < -0.3 is 9.80 Å². The number of nitro benzene ring substituents is 1. The molecule has 0 N–H and O–H groups in total. The quantitative estimate of drug-likeness (QED) is 0.636. The van der Waals surface area contributed by atoms with Gasteiger partial charge in [0.15, 0.2) is 0 Å². The number of rotatable bonds is 3. The molecule has 2 rings (SSSR count). The smallest absolute Gasteiger partial charge is 0.365 e. The molecular formula is C13H16F3N3O2. The number of likely N-dealkylation sites (N-methyl/N-ethyl adjacent to an activating group) is 2. The minimum atomic E-state index is -4.59. The Hall–Kier alpha value is -1.83. The number of likely N-dealkylation sites (tertiary alicyclic amines) is 1. The lowest BCUT2D eigenvalue weighted by molar-refractivity contribution is -0.384. The molecule has 0 saturated carbocycles. The van der Waals surface area contributed by atoms with Gasteiger partial charge in [0.25, 0.3) is 5.69 Å². The molecule has 0 radical (unpaired) electrons. The SMILES string of the molecule is CN1CC[C@@H](N(C)c2ccc(C(F)(F)F)cc2[N+](=O)[O-])C1. The van der Waals surface area contributed by atoms with Crippen molar-refractivity contribution in [3.05, 3.63) is 33.9 Å². The number of nitro groups is 1. The lowest BCUT2D eigenvalue weighted by Gasteiger charge is -2.26. The average molecular weight is 303 g/mol. The van der Waals surface area contributed by atoms with E-state index in [0.717, 1.165) is 25.6 Å². The first-order valence-corrected chi connectivity index (χ1v) is 6.47. The minimum absolute atomic E-state index is 0.0606. The van der Waals surface area contributed by atoms with Crippen LogP contribution in [0.3, 0.4) is 0 Å². The zero-order valence-corrected chi connectivity index (χ0v) is 11.7. The molecule has 1 fully saturated rings. The predicted molar refractivity (Wildman–Crippen MR) is 72.4 cm³/mol. The van der Waals surface area contributed by atoms with E-state index in [1.807, 2.05) is 7.05 Å². The van der Waals surface area contributed by atoms with Crippen LogP contribution in [0.15, 0.2) is 18.2 Å². The molecule has 1 aliphatic rings. The van der Waals surface area contributed by atoms with Crippen molar-refractivity contribution in [2.24, 2.45) is 0 Å². The second kappa shape index (κ2) is 5.51. The molecule has 0 bridgehead atoms. The maximum atomic E-state index is 12.7. The number of alkyl halides is 3. The van der Waals surface area contributed by atoms with Crippen LogP contribution < -0.4 is 4.90 Å². The van der Waals surface area contributed by atoms with E-state index >= 15 is 0 Å². The van der Waals surface area contributed by atoms with Crippen molar-refractivity contribution in [1.82, 2.24) is 4.90 Å². The summed E-state index contributed by atoms with van der Waals surface area (Å²) in [5.74, 6) is 0. The molecule has 1 aliphatic heterocycles. The molecule has 1 aromatic carbocycles. The van der Waals surface area contributed by atoms with Crippen LogP contribution >= 0.6 is 0 Å². The molecule has 0 unspecified atom stereocenters. The topological polar surface area (TPSA) is 49.6 Å². The molecule has 1 atom stereocenters. The van der Waals surface area contributed by atoms with E-state index in [-0.39, 0.29) is 11.7 Å². The first-order valence-electron chi connectivity index (χ1n) is 6.47. The lowest BCUT2D eigenvalue weighted by atomic mass is 10.1. The first-order chi connectivity index (χ1) is 9.70. The normalized spacial score (nSPS) is 19.8. The van der Waals surface area contributed by atoms with Gasteiger partial charge >= 0.3 is 6.18 Å². The molecule has 8 heteroatoms. The molecule has 0 aliphatic carbocycles. The zero-order chi connectivity index (χ0) is 15.8. The summed E-state index contributed by atoms with van der Waals surface area (Å²) in [6, 6.07) is 2.73. The molecule has 1 aromatic rings. The van der Waals surface area contributed by atoms with Crippen molar-refractivity contribution in [3.8, 4) is 0 Å². The summed E-state index contributed by atoms with van der Waals surface area (Å²) in [6.45, 7) is 1.60. The Labute approximate surface area is 120 Å². The van der Waals surface area contributed by atoms with E-state index in [4.69, 9.17) is 0 Å². The fourth-order valence-electron chi connectivity index (χ4n) is 2.57. The second-order valence-electron chi connectivity index (χ2n) is 5.27. The van der Waals surface area contributed by atoms with E-state index in [1.54, 1.807) is 11.9 Å². The van der Waals surface area contributed by atoms with Gasteiger partial charge in [0.2, 0.25) is 0 Å². The lowest BCUT2D eigenvalue weighted by Crippen LogP contribution is -2.34. The van der Waals surface area contributed by atoms with Crippen molar-refractivity contribution >= 4 is 11.4 Å². The summed E-state index contributed by atoms with van der Waals surface area (Å²) in [5, 5.41) is 11.1. The molecule has 5 nitrogen and oxygen atoms in total. The van der Waals surface area contributed by atoms with E-state index in [2.05, 4.69) is 4.90 Å². The number of nitrogens with zero attached hydrogens (tertiary/aromatic N) is 3. The Morgan fingerprint density at radius 3 is 2.57 bits per heavy atom. The van der Waals surface area contributed by atoms with Gasteiger partial charge in [-0.2, -0.15) is 13.2 Å². The van der Waals surface area contributed by atoms with Gasteiger partial charge in [-0.05, 0) is 32.1 Å². The van der Waals surface area contributed by atoms with E-state index in [1.165, 1.54) is 6.07 Å². The monoisotopic (exact) mass is 303 g/mol. The summed E-state index contributed by atoms with van der Waals surface area (Å²) >= 11 is 0. The van der Waals surface area contributed by atoms with Gasteiger partial charge in [0.05, 0.1) is 10.5 Å². The van der Waals surface area contributed by atoms with Gasteiger partial charge in [-0.3, -0.25) is 10.1 Å². The first kappa shape index (κ1) is 15.6. The third-order valence-electron chi connectivity index (χ3n) is 3.79. The zero-order valence-electron chi connectivity index (χ0n) is 11.7. The van der Waals surface area contributed by atoms with Crippen LogP contribution in [-0.4, -0.2) is 43.0 Å². The molecule has 0 aromatic heterocycles. The van der Waals surface area contributed by atoms with E-state index < -0.39 is 22.4 Å². The highest BCUT2D eigenvalue weighted by Gasteiger charge is 2.34. The fraction of sp³-hybridized carbons (Fsp3) is 0.538. The molecule has 0 spiro atoms. The van der Waals surface area contributed by atoms with Crippen LogP contribution in [0.1, 0.15) is 12.0 Å². The second-order valence-corrected chi connectivity index (χ2v) is 5.27. The van der Waals surface area contributed by atoms with Crippen molar-refractivity contribution in [2.45, 2.75) is 18.6 Å². The summed E-state index contributed by atoms with van der Waals surface area (Å²) in [6.07, 6.45) is -3.76. The standard InChI is InChI=1S/C13H16F3N3O2/c1-17-6-5-10(8-17)18(2)11-4-3-9(13(14,15)16)7-12(11)19(20)21/h3-4,7,10H,5-6,8H2,1-2H3/t10-/m1/s1. The largest absolute Gasteiger partial charge is 0.416 e. The Balaban J connectivity index is 2.37. The number of halogens is 3. The number of benzene rings is 1. The third-order valence-corrected chi connectivity index (χ3v) is 3.79. The highest BCUT2D eigenvalue weighted by atomic mass is 19.4. The van der Waals surface area contributed by atoms with E-state index in [9.17, 15) is 23.3 Å². The van der Waals surface area contributed by atoms with Crippen molar-refractivity contribution in [2.75, 3.05) is 32.1 Å². The highest BCUT2D eigenvalue weighted by molar-refractivity contribution is 5.65. The van der Waals surface area contributed by atoms with Gasteiger partial charge in [0, 0.05) is 25.7 Å². The van der Waals surface area contributed by atoms with Gasteiger partial charge in [-0.25, -0.2) is 0 Å². The van der Waals surface area contributed by atoms with Gasteiger partial charge in [-0.1, -0.05) is 0 Å². The maximum Gasteiger partial charge on any atom is 0.416 e. The third kappa shape index (κ3) is 3.26. The van der Waals surface area contributed by atoms with Crippen LogP contribution in [0, 0.1) is 10.1 Å². The molecule has 21 heavy (non-hydrogen) atoms. The van der Waals surface area contributed by atoms with Crippen LogP contribution in [0.25, 0.3) is 0 Å². The van der Waals surface area contributed by atoms with Gasteiger partial charge in [0.1, 0.15) is 5.69 Å². The van der Waals surface area contributed by atoms with Crippen molar-refractivity contribution < 1.29 is 18.1 Å². The number of hydrogen-bond acceptors (Lipinski definition) is 4. The summed E-state index contributed by atoms with van der Waals surface area (Å²) in [5.41, 5.74) is -1.30. The summed E-state index contributed by atoms with van der Waals surface area (Å²) < 4.78 is 38.0. The Morgan fingerprint density at radius 1 is 1.43 bits per heavy atom. The Bertz CT molecular complexity index is 548. The molecular weight excluding hydrogens is 287 g/mol. The summed E-state index contributed by atoms with van der Waals surface area (Å²) in [7, 11) is 3.62. The average Bonchev–Trinajstić information content (AvgIpc) is 2.82. The van der Waals surface area contributed by atoms with Gasteiger partial charge in [-0.15, -0.1) is 0 Å². The maximum absolute atomic E-state index is 12.7. The Morgan fingerprint density at radius 2 is 2.10 bits per heavy atom.